The third-order valence-corrected chi connectivity index (χ3v) is 2.22. The van der Waals surface area contributed by atoms with Gasteiger partial charge < -0.3 is 10.1 Å². The molecule has 7 heteroatoms. The fraction of sp³-hybridized carbons (Fsp3) is 0.667. The van der Waals surface area contributed by atoms with Crippen LogP contribution in [0.3, 0.4) is 0 Å². The molecule has 0 amide bonds. The quantitative estimate of drug-likeness (QED) is 0.919. The molecule has 0 aromatic carbocycles. The maximum Gasteiger partial charge on any atom is 0.425 e. The van der Waals surface area contributed by atoms with E-state index in [1.807, 2.05) is 20.8 Å². The van der Waals surface area contributed by atoms with Crippen molar-refractivity contribution in [3.05, 3.63) is 18.1 Å². The van der Waals surface area contributed by atoms with Gasteiger partial charge in [0.15, 0.2) is 6.10 Å². The van der Waals surface area contributed by atoms with Crippen LogP contribution in [0.2, 0.25) is 0 Å². The molecule has 1 aromatic rings. The maximum absolute atomic E-state index is 12.4. The van der Waals surface area contributed by atoms with E-state index in [2.05, 4.69) is 15.3 Å². The summed E-state index contributed by atoms with van der Waals surface area (Å²) in [5.74, 6) is -0.127. The van der Waals surface area contributed by atoms with Crippen LogP contribution in [0.25, 0.3) is 0 Å². The summed E-state index contributed by atoms with van der Waals surface area (Å²) >= 11 is 0. The van der Waals surface area contributed by atoms with Gasteiger partial charge in [-0.2, -0.15) is 13.2 Å². The normalized spacial score (nSPS) is 14.3. The van der Waals surface area contributed by atoms with Crippen molar-refractivity contribution in [2.24, 2.45) is 0 Å². The number of rotatable bonds is 4. The summed E-state index contributed by atoms with van der Waals surface area (Å²) in [6, 6.07) is 0. The van der Waals surface area contributed by atoms with E-state index in [9.17, 15) is 13.2 Å². The maximum atomic E-state index is 12.4. The molecule has 1 unspecified atom stereocenters. The summed E-state index contributed by atoms with van der Waals surface area (Å²) in [5.41, 5.74) is 0.416. The molecule has 0 bridgehead atoms. The largest absolute Gasteiger partial charge is 0.464 e. The smallest absolute Gasteiger partial charge is 0.425 e. The summed E-state index contributed by atoms with van der Waals surface area (Å²) in [5, 5.41) is 3.17. The van der Waals surface area contributed by atoms with E-state index in [-0.39, 0.29) is 11.4 Å². The second-order valence-corrected chi connectivity index (χ2v) is 5.25. The molecule has 108 valence electrons. The van der Waals surface area contributed by atoms with Crippen molar-refractivity contribution in [2.45, 2.75) is 52.1 Å². The first-order valence-corrected chi connectivity index (χ1v) is 5.87. The molecule has 1 atom stereocenters. The average Bonchev–Trinajstić information content (AvgIpc) is 2.25. The lowest BCUT2D eigenvalue weighted by atomic mass is 10.1. The third-order valence-electron chi connectivity index (χ3n) is 2.22. The fourth-order valence-corrected chi connectivity index (χ4v) is 1.13. The van der Waals surface area contributed by atoms with E-state index in [1.54, 1.807) is 0 Å². The number of hydrogen-bond acceptors (Lipinski definition) is 4. The SMILES string of the molecule is CC(Oc1cncc(CNC(C)(C)C)n1)C(F)(F)F. The van der Waals surface area contributed by atoms with Crippen molar-refractivity contribution in [2.75, 3.05) is 0 Å². The topological polar surface area (TPSA) is 47.0 Å². The average molecular weight is 277 g/mol. The summed E-state index contributed by atoms with van der Waals surface area (Å²) in [7, 11) is 0. The van der Waals surface area contributed by atoms with Gasteiger partial charge in [-0.25, -0.2) is 4.98 Å². The van der Waals surface area contributed by atoms with Crippen molar-refractivity contribution in [1.29, 1.82) is 0 Å². The molecule has 0 spiro atoms. The molecule has 1 rings (SSSR count). The second kappa shape index (κ2) is 5.73. The van der Waals surface area contributed by atoms with Crippen LogP contribution >= 0.6 is 0 Å². The van der Waals surface area contributed by atoms with E-state index < -0.39 is 12.3 Å². The Hall–Kier alpha value is -1.37. The Kier molecular flexibility index (Phi) is 4.73. The lowest BCUT2D eigenvalue weighted by Gasteiger charge is -2.20. The first-order valence-electron chi connectivity index (χ1n) is 5.87. The third kappa shape index (κ3) is 5.87. The lowest BCUT2D eigenvalue weighted by Crippen LogP contribution is -2.35. The standard InChI is InChI=1S/C12H18F3N3O/c1-8(12(13,14)15)19-10-7-16-5-9(18-10)6-17-11(2,3)4/h5,7-8,17H,6H2,1-4H3. The molecule has 19 heavy (non-hydrogen) atoms. The van der Waals surface area contributed by atoms with Gasteiger partial charge in [0, 0.05) is 18.3 Å². The molecular weight excluding hydrogens is 259 g/mol. The van der Waals surface area contributed by atoms with E-state index in [4.69, 9.17) is 4.74 Å². The van der Waals surface area contributed by atoms with E-state index in [0.717, 1.165) is 6.92 Å². The summed E-state index contributed by atoms with van der Waals surface area (Å²) in [6.07, 6.45) is -3.67. The van der Waals surface area contributed by atoms with E-state index >= 15 is 0 Å². The van der Waals surface area contributed by atoms with Gasteiger partial charge in [0.05, 0.1) is 11.9 Å². The predicted octanol–water partition coefficient (Wildman–Crippen LogP) is 2.69. The minimum absolute atomic E-state index is 0.113. The zero-order valence-corrected chi connectivity index (χ0v) is 11.4. The minimum Gasteiger partial charge on any atom is -0.464 e. The monoisotopic (exact) mass is 277 g/mol. The van der Waals surface area contributed by atoms with Crippen molar-refractivity contribution < 1.29 is 17.9 Å². The van der Waals surface area contributed by atoms with Gasteiger partial charge >= 0.3 is 6.18 Å². The molecule has 0 aliphatic carbocycles. The molecule has 1 heterocycles. The lowest BCUT2D eigenvalue weighted by molar-refractivity contribution is -0.190. The fourth-order valence-electron chi connectivity index (χ4n) is 1.13. The van der Waals surface area contributed by atoms with Crippen molar-refractivity contribution in [1.82, 2.24) is 15.3 Å². The number of ether oxygens (including phenoxy) is 1. The molecular formula is C12H18F3N3O. The highest BCUT2D eigenvalue weighted by molar-refractivity contribution is 5.09. The highest BCUT2D eigenvalue weighted by atomic mass is 19.4. The summed E-state index contributed by atoms with van der Waals surface area (Å²) < 4.78 is 41.8. The molecule has 0 fully saturated rings. The van der Waals surface area contributed by atoms with Crippen LogP contribution in [0.15, 0.2) is 12.4 Å². The van der Waals surface area contributed by atoms with E-state index in [1.165, 1.54) is 12.4 Å². The van der Waals surface area contributed by atoms with Gasteiger partial charge in [-0.05, 0) is 27.7 Å². The highest BCUT2D eigenvalue weighted by Gasteiger charge is 2.38. The molecule has 1 N–H and O–H groups in total. The van der Waals surface area contributed by atoms with Crippen molar-refractivity contribution >= 4 is 0 Å². The van der Waals surface area contributed by atoms with Gasteiger partial charge in [-0.3, -0.25) is 4.98 Å². The predicted molar refractivity (Wildman–Crippen MR) is 64.8 cm³/mol. The minimum atomic E-state index is -4.42. The molecule has 0 radical (unpaired) electrons. The summed E-state index contributed by atoms with van der Waals surface area (Å²) in [6.45, 7) is 7.28. The Morgan fingerprint density at radius 2 is 1.89 bits per heavy atom. The van der Waals surface area contributed by atoms with Crippen LogP contribution in [-0.2, 0) is 6.54 Å². The van der Waals surface area contributed by atoms with Crippen LogP contribution in [0.5, 0.6) is 5.88 Å². The van der Waals surface area contributed by atoms with Crippen LogP contribution in [-0.4, -0.2) is 27.8 Å². The van der Waals surface area contributed by atoms with Crippen LogP contribution in [0.4, 0.5) is 13.2 Å². The van der Waals surface area contributed by atoms with Crippen LogP contribution < -0.4 is 10.1 Å². The molecule has 0 saturated heterocycles. The Bertz CT molecular complexity index is 415. The van der Waals surface area contributed by atoms with Gasteiger partial charge in [-0.1, -0.05) is 0 Å². The van der Waals surface area contributed by atoms with Crippen molar-refractivity contribution in [3.8, 4) is 5.88 Å². The molecule has 0 aliphatic rings. The van der Waals surface area contributed by atoms with Gasteiger partial charge in [-0.15, -0.1) is 0 Å². The van der Waals surface area contributed by atoms with E-state index in [0.29, 0.717) is 12.2 Å². The highest BCUT2D eigenvalue weighted by Crippen LogP contribution is 2.23. The Balaban J connectivity index is 2.67. The zero-order valence-electron chi connectivity index (χ0n) is 11.4. The Labute approximate surface area is 110 Å². The first-order chi connectivity index (χ1) is 8.58. The zero-order chi connectivity index (χ0) is 14.7. The first kappa shape index (κ1) is 15.7. The number of halogens is 3. The number of alkyl halides is 3. The molecule has 0 saturated carbocycles. The molecule has 0 aliphatic heterocycles. The van der Waals surface area contributed by atoms with Crippen molar-refractivity contribution in [3.63, 3.8) is 0 Å². The van der Waals surface area contributed by atoms with Gasteiger partial charge in [0.2, 0.25) is 5.88 Å². The number of nitrogens with zero attached hydrogens (tertiary/aromatic N) is 2. The Morgan fingerprint density at radius 1 is 1.26 bits per heavy atom. The summed E-state index contributed by atoms with van der Waals surface area (Å²) in [4.78, 5) is 7.81. The molecule has 1 aromatic heterocycles. The van der Waals surface area contributed by atoms with Gasteiger partial charge in [0.1, 0.15) is 0 Å². The number of aromatic nitrogens is 2. The molecule has 4 nitrogen and oxygen atoms in total. The second-order valence-electron chi connectivity index (χ2n) is 5.25. The number of nitrogens with one attached hydrogen (secondary N) is 1. The van der Waals surface area contributed by atoms with Crippen LogP contribution in [0.1, 0.15) is 33.4 Å². The number of hydrogen-bond donors (Lipinski definition) is 1. The van der Waals surface area contributed by atoms with Crippen LogP contribution in [0, 0.1) is 0 Å². The Morgan fingerprint density at radius 3 is 2.42 bits per heavy atom. The van der Waals surface area contributed by atoms with Gasteiger partial charge in [0.25, 0.3) is 0 Å².